The third-order valence-corrected chi connectivity index (χ3v) is 3.81. The molecule has 1 heterocycles. The van der Waals surface area contributed by atoms with Crippen LogP contribution in [-0.2, 0) is 4.74 Å². The van der Waals surface area contributed by atoms with Crippen LogP contribution in [0, 0.1) is 0 Å². The van der Waals surface area contributed by atoms with E-state index in [2.05, 4.69) is 15.9 Å². The third-order valence-electron chi connectivity index (χ3n) is 3.09. The summed E-state index contributed by atoms with van der Waals surface area (Å²) in [5.41, 5.74) is -0.154. The minimum Gasteiger partial charge on any atom is -0.508 e. The predicted octanol–water partition coefficient (Wildman–Crippen LogP) is 2.11. The van der Waals surface area contributed by atoms with E-state index in [-0.39, 0.29) is 29.1 Å². The van der Waals surface area contributed by atoms with Gasteiger partial charge >= 0.3 is 0 Å². The molecule has 1 aromatic rings. The zero-order valence-electron chi connectivity index (χ0n) is 11.5. The molecule has 0 saturated carbocycles. The van der Waals surface area contributed by atoms with Crippen LogP contribution in [0.4, 0.5) is 0 Å². The summed E-state index contributed by atoms with van der Waals surface area (Å²) in [6.07, 6.45) is -0.0754. The second-order valence-corrected chi connectivity index (χ2v) is 6.23. The summed E-state index contributed by atoms with van der Waals surface area (Å²) in [6, 6.07) is 3.91. The summed E-state index contributed by atoms with van der Waals surface area (Å²) in [4.78, 5) is 14.2. The first kappa shape index (κ1) is 15.1. The fourth-order valence-corrected chi connectivity index (χ4v) is 2.77. The van der Waals surface area contributed by atoms with Gasteiger partial charge in [-0.15, -0.1) is 0 Å². The molecule has 2 rings (SSSR count). The van der Waals surface area contributed by atoms with Gasteiger partial charge in [0.1, 0.15) is 11.5 Å². The van der Waals surface area contributed by atoms with Crippen molar-refractivity contribution >= 4 is 21.8 Å². The second-order valence-electron chi connectivity index (χ2n) is 5.58. The molecule has 2 N–H and O–H groups in total. The van der Waals surface area contributed by atoms with Crippen molar-refractivity contribution in [3.05, 3.63) is 23.8 Å². The lowest BCUT2D eigenvalue weighted by molar-refractivity contribution is -0.116. The van der Waals surface area contributed by atoms with Crippen molar-refractivity contribution in [3.63, 3.8) is 0 Å². The molecule has 5 nitrogen and oxygen atoms in total. The topological polar surface area (TPSA) is 70.0 Å². The fourth-order valence-electron chi connectivity index (χ4n) is 2.43. The van der Waals surface area contributed by atoms with Gasteiger partial charge in [-0.2, -0.15) is 0 Å². The number of aromatic hydroxyl groups is 2. The van der Waals surface area contributed by atoms with Gasteiger partial charge in [-0.3, -0.25) is 4.79 Å². The molecule has 1 aliphatic rings. The van der Waals surface area contributed by atoms with Gasteiger partial charge in [0.05, 0.1) is 11.7 Å². The lowest BCUT2D eigenvalue weighted by Gasteiger charge is -2.42. The van der Waals surface area contributed by atoms with E-state index < -0.39 is 5.60 Å². The van der Waals surface area contributed by atoms with Crippen molar-refractivity contribution in [2.24, 2.45) is 0 Å². The summed E-state index contributed by atoms with van der Waals surface area (Å²) in [7, 11) is 0. The largest absolute Gasteiger partial charge is 0.508 e. The Morgan fingerprint density at radius 3 is 2.55 bits per heavy atom. The number of benzene rings is 1. The minimum absolute atomic E-state index is 0.0754. The van der Waals surface area contributed by atoms with Crippen LogP contribution in [-0.4, -0.2) is 51.1 Å². The molecule has 0 spiro atoms. The first-order valence-corrected chi connectivity index (χ1v) is 7.49. The summed E-state index contributed by atoms with van der Waals surface area (Å²) in [5.74, 6) is -0.477. The average Bonchev–Trinajstić information content (AvgIpc) is 2.34. The van der Waals surface area contributed by atoms with E-state index in [1.54, 1.807) is 4.90 Å². The molecule has 0 radical (unpaired) electrons. The molecular formula is C14H18BrNO4. The molecule has 0 bridgehead atoms. The normalized spacial score (nSPS) is 21.8. The van der Waals surface area contributed by atoms with Gasteiger partial charge in [0, 0.05) is 30.0 Å². The van der Waals surface area contributed by atoms with Crippen LogP contribution in [0.1, 0.15) is 24.2 Å². The number of hydrogen-bond acceptors (Lipinski definition) is 4. The molecule has 0 aromatic heterocycles. The average molecular weight is 344 g/mol. The van der Waals surface area contributed by atoms with Crippen LogP contribution in [0.3, 0.4) is 0 Å². The molecular weight excluding hydrogens is 326 g/mol. The Morgan fingerprint density at radius 2 is 2.00 bits per heavy atom. The van der Waals surface area contributed by atoms with E-state index in [9.17, 15) is 15.0 Å². The Kier molecular flexibility index (Phi) is 4.25. The number of ether oxygens (including phenoxy) is 1. The molecule has 110 valence electrons. The highest BCUT2D eigenvalue weighted by Crippen LogP contribution is 2.26. The van der Waals surface area contributed by atoms with Gasteiger partial charge in [-0.1, -0.05) is 15.9 Å². The van der Waals surface area contributed by atoms with Gasteiger partial charge in [-0.25, -0.2) is 0 Å². The zero-order valence-corrected chi connectivity index (χ0v) is 13.1. The number of phenolic OH excluding ortho intramolecular Hbond substituents is 2. The van der Waals surface area contributed by atoms with Crippen molar-refractivity contribution < 1.29 is 19.7 Å². The molecule has 1 unspecified atom stereocenters. The van der Waals surface area contributed by atoms with Crippen LogP contribution in [0.15, 0.2) is 18.2 Å². The van der Waals surface area contributed by atoms with Crippen molar-refractivity contribution in [1.82, 2.24) is 4.90 Å². The summed E-state index contributed by atoms with van der Waals surface area (Å²) >= 11 is 3.38. The number of hydrogen-bond donors (Lipinski definition) is 2. The third kappa shape index (κ3) is 3.43. The molecule has 6 heteroatoms. The lowest BCUT2D eigenvalue weighted by Crippen LogP contribution is -2.55. The Bertz CT molecular complexity index is 498. The fraction of sp³-hybridized carbons (Fsp3) is 0.500. The highest BCUT2D eigenvalue weighted by Gasteiger charge is 2.35. The highest BCUT2D eigenvalue weighted by atomic mass is 79.9. The zero-order chi connectivity index (χ0) is 14.9. The van der Waals surface area contributed by atoms with Crippen LogP contribution in [0.5, 0.6) is 11.5 Å². The predicted molar refractivity (Wildman–Crippen MR) is 78.4 cm³/mol. The molecule has 1 aromatic carbocycles. The standard InChI is InChI=1S/C14H18BrNO4/c1-14(2)8-16(7-12(6-15)20-14)13(19)9-3-10(17)5-11(18)4-9/h3-5,12,17-18H,6-8H2,1-2H3. The molecule has 1 amide bonds. The maximum atomic E-state index is 12.5. The van der Waals surface area contributed by atoms with E-state index in [1.807, 2.05) is 13.8 Å². The number of carbonyl (C=O) groups excluding carboxylic acids is 1. The van der Waals surface area contributed by atoms with E-state index in [0.29, 0.717) is 18.4 Å². The number of halogens is 1. The van der Waals surface area contributed by atoms with Crippen molar-refractivity contribution in [2.45, 2.75) is 25.6 Å². The molecule has 1 fully saturated rings. The quantitative estimate of drug-likeness (QED) is 0.807. The van der Waals surface area contributed by atoms with Crippen LogP contribution in [0.25, 0.3) is 0 Å². The number of morpholine rings is 1. The molecule has 0 aliphatic carbocycles. The molecule has 20 heavy (non-hydrogen) atoms. The van der Waals surface area contributed by atoms with E-state index in [0.717, 1.165) is 0 Å². The van der Waals surface area contributed by atoms with E-state index in [1.165, 1.54) is 18.2 Å². The minimum atomic E-state index is -0.425. The van der Waals surface area contributed by atoms with Gasteiger partial charge in [0.25, 0.3) is 5.91 Å². The Hall–Kier alpha value is -1.27. The monoisotopic (exact) mass is 343 g/mol. The summed E-state index contributed by atoms with van der Waals surface area (Å²) < 4.78 is 5.85. The number of rotatable bonds is 2. The smallest absolute Gasteiger partial charge is 0.254 e. The molecule has 1 atom stereocenters. The second kappa shape index (κ2) is 5.61. The molecule has 1 saturated heterocycles. The lowest BCUT2D eigenvalue weighted by atomic mass is 10.0. The number of carbonyl (C=O) groups is 1. The number of amides is 1. The number of alkyl halides is 1. The molecule has 1 aliphatic heterocycles. The maximum Gasteiger partial charge on any atom is 0.254 e. The first-order chi connectivity index (χ1) is 9.30. The maximum absolute atomic E-state index is 12.5. The van der Waals surface area contributed by atoms with Gasteiger partial charge in [0.2, 0.25) is 0 Å². The first-order valence-electron chi connectivity index (χ1n) is 6.37. The van der Waals surface area contributed by atoms with E-state index >= 15 is 0 Å². The Morgan fingerprint density at radius 1 is 1.40 bits per heavy atom. The van der Waals surface area contributed by atoms with Crippen molar-refractivity contribution in [1.29, 1.82) is 0 Å². The Balaban J connectivity index is 2.23. The Labute approximate surface area is 126 Å². The number of phenols is 2. The van der Waals surface area contributed by atoms with Gasteiger partial charge in [0.15, 0.2) is 0 Å². The van der Waals surface area contributed by atoms with Crippen molar-refractivity contribution in [2.75, 3.05) is 18.4 Å². The summed E-state index contributed by atoms with van der Waals surface area (Å²) in [6.45, 7) is 4.81. The van der Waals surface area contributed by atoms with E-state index in [4.69, 9.17) is 4.74 Å². The van der Waals surface area contributed by atoms with Gasteiger partial charge in [-0.05, 0) is 26.0 Å². The van der Waals surface area contributed by atoms with Crippen LogP contribution in [0.2, 0.25) is 0 Å². The SMILES string of the molecule is CC1(C)CN(C(=O)c2cc(O)cc(O)c2)CC(CBr)O1. The van der Waals surface area contributed by atoms with Gasteiger partial charge < -0.3 is 19.8 Å². The highest BCUT2D eigenvalue weighted by molar-refractivity contribution is 9.09. The van der Waals surface area contributed by atoms with Crippen LogP contribution >= 0.6 is 15.9 Å². The number of nitrogens with zero attached hydrogens (tertiary/aromatic N) is 1. The summed E-state index contributed by atoms with van der Waals surface area (Å²) in [5, 5.41) is 19.6. The van der Waals surface area contributed by atoms with Crippen LogP contribution < -0.4 is 0 Å². The van der Waals surface area contributed by atoms with Crippen molar-refractivity contribution in [3.8, 4) is 11.5 Å².